The first-order chi connectivity index (χ1) is 8.95. The van der Waals surface area contributed by atoms with Crippen LogP contribution in [0.5, 0.6) is 5.75 Å². The van der Waals surface area contributed by atoms with Crippen LogP contribution in [0, 0.1) is 0 Å². The fourth-order valence-corrected chi connectivity index (χ4v) is 3.62. The van der Waals surface area contributed by atoms with Gasteiger partial charge in [-0.3, -0.25) is 0 Å². The van der Waals surface area contributed by atoms with Crippen molar-refractivity contribution < 1.29 is 9.22 Å². The number of ether oxygens (including phenoxy) is 1. The fourth-order valence-electron chi connectivity index (χ4n) is 3.62. The summed E-state index contributed by atoms with van der Waals surface area (Å²) in [6.45, 7) is 1.22. The normalized spacial score (nSPS) is 19.2. The summed E-state index contributed by atoms with van der Waals surface area (Å²) in [6.07, 6.45) is 6.79. The van der Waals surface area contributed by atoms with E-state index in [9.17, 15) is 0 Å². The van der Waals surface area contributed by atoms with Crippen molar-refractivity contribution in [2.75, 3.05) is 34.8 Å². The Bertz CT molecular complexity index is 396. The largest absolute Gasteiger partial charge is 0.497 e. The Labute approximate surface area is 118 Å². The van der Waals surface area contributed by atoms with Crippen molar-refractivity contribution >= 4 is 0 Å². The van der Waals surface area contributed by atoms with E-state index in [4.69, 9.17) is 4.74 Å². The highest BCUT2D eigenvalue weighted by atomic mass is 16.5. The summed E-state index contributed by atoms with van der Waals surface area (Å²) in [5.74, 6) is 0.958. The first-order valence-corrected chi connectivity index (χ1v) is 7.40. The standard InChI is InChI=1S/C17H28NO/c1-18(2,3)14-17(12-6-5-7-13-17)15-8-10-16(19-4)11-9-15/h8-11H,5-7,12-14H2,1-4H3/q+1. The van der Waals surface area contributed by atoms with Gasteiger partial charge in [-0.25, -0.2) is 0 Å². The van der Waals surface area contributed by atoms with Crippen molar-refractivity contribution in [2.24, 2.45) is 0 Å². The molecule has 2 rings (SSSR count). The molecule has 0 spiro atoms. The average molecular weight is 262 g/mol. The van der Waals surface area contributed by atoms with E-state index in [0.29, 0.717) is 5.41 Å². The lowest BCUT2D eigenvalue weighted by atomic mass is 9.69. The summed E-state index contributed by atoms with van der Waals surface area (Å²) in [7, 11) is 8.65. The number of rotatable bonds is 4. The van der Waals surface area contributed by atoms with Crippen LogP contribution in [0.25, 0.3) is 0 Å². The summed E-state index contributed by atoms with van der Waals surface area (Å²) >= 11 is 0. The molecule has 0 unspecified atom stereocenters. The molecule has 0 bridgehead atoms. The molecule has 1 saturated carbocycles. The first-order valence-electron chi connectivity index (χ1n) is 7.40. The van der Waals surface area contributed by atoms with Gasteiger partial charge in [-0.05, 0) is 30.5 Å². The second kappa shape index (κ2) is 5.54. The summed E-state index contributed by atoms with van der Waals surface area (Å²) in [6, 6.07) is 8.78. The lowest BCUT2D eigenvalue weighted by molar-refractivity contribution is -0.875. The highest BCUT2D eigenvalue weighted by Gasteiger charge is 2.38. The van der Waals surface area contributed by atoms with Gasteiger partial charge in [0.2, 0.25) is 0 Å². The van der Waals surface area contributed by atoms with E-state index in [0.717, 1.165) is 10.2 Å². The molecule has 0 amide bonds. The number of benzene rings is 1. The number of likely N-dealkylation sites (N-methyl/N-ethyl adjacent to an activating group) is 1. The van der Waals surface area contributed by atoms with E-state index in [1.54, 1.807) is 7.11 Å². The summed E-state index contributed by atoms with van der Waals surface area (Å²) in [5.41, 5.74) is 1.86. The van der Waals surface area contributed by atoms with Gasteiger partial charge in [0, 0.05) is 5.41 Å². The molecule has 0 radical (unpaired) electrons. The monoisotopic (exact) mass is 262 g/mol. The van der Waals surface area contributed by atoms with Crippen LogP contribution in [-0.4, -0.2) is 39.3 Å². The van der Waals surface area contributed by atoms with Gasteiger partial charge in [0.1, 0.15) is 5.75 Å². The smallest absolute Gasteiger partial charge is 0.118 e. The van der Waals surface area contributed by atoms with Gasteiger partial charge in [-0.1, -0.05) is 31.4 Å². The van der Waals surface area contributed by atoms with E-state index >= 15 is 0 Å². The van der Waals surface area contributed by atoms with E-state index in [1.165, 1.54) is 44.2 Å². The Kier molecular flexibility index (Phi) is 4.19. The number of quaternary nitrogens is 1. The summed E-state index contributed by atoms with van der Waals surface area (Å²) in [4.78, 5) is 0. The highest BCUT2D eigenvalue weighted by molar-refractivity contribution is 5.33. The van der Waals surface area contributed by atoms with Gasteiger partial charge < -0.3 is 9.22 Å². The molecule has 1 aliphatic carbocycles. The molecule has 0 atom stereocenters. The maximum atomic E-state index is 5.29. The molecule has 19 heavy (non-hydrogen) atoms. The zero-order chi connectivity index (χ0) is 13.9. The molecule has 0 aliphatic heterocycles. The Hall–Kier alpha value is -1.02. The number of methoxy groups -OCH3 is 1. The van der Waals surface area contributed by atoms with Crippen molar-refractivity contribution in [3.63, 3.8) is 0 Å². The van der Waals surface area contributed by atoms with Crippen molar-refractivity contribution in [3.05, 3.63) is 29.8 Å². The second-order valence-electron chi connectivity index (χ2n) is 7.02. The third-order valence-electron chi connectivity index (χ3n) is 4.29. The Morgan fingerprint density at radius 1 is 1.00 bits per heavy atom. The SMILES string of the molecule is COc1ccc(C2(C[N+](C)(C)C)CCCCC2)cc1. The number of hydrogen-bond donors (Lipinski definition) is 0. The lowest BCUT2D eigenvalue weighted by Gasteiger charge is -2.42. The van der Waals surface area contributed by atoms with Crippen molar-refractivity contribution in [1.29, 1.82) is 0 Å². The first kappa shape index (κ1) is 14.4. The number of nitrogens with zero attached hydrogens (tertiary/aromatic N) is 1. The Morgan fingerprint density at radius 3 is 2.05 bits per heavy atom. The Morgan fingerprint density at radius 2 is 1.58 bits per heavy atom. The molecular weight excluding hydrogens is 234 g/mol. The van der Waals surface area contributed by atoms with E-state index in [2.05, 4.69) is 45.4 Å². The molecule has 0 N–H and O–H groups in total. The molecule has 2 nitrogen and oxygen atoms in total. The molecular formula is C17H28NO+. The maximum absolute atomic E-state index is 5.29. The molecule has 2 heteroatoms. The predicted molar refractivity (Wildman–Crippen MR) is 80.7 cm³/mol. The van der Waals surface area contributed by atoms with Gasteiger partial charge in [0.05, 0.1) is 34.8 Å². The van der Waals surface area contributed by atoms with Crippen LogP contribution < -0.4 is 4.74 Å². The minimum absolute atomic E-state index is 0.364. The number of hydrogen-bond acceptors (Lipinski definition) is 1. The lowest BCUT2D eigenvalue weighted by Crippen LogP contribution is -2.48. The maximum Gasteiger partial charge on any atom is 0.118 e. The van der Waals surface area contributed by atoms with Gasteiger partial charge in [0.15, 0.2) is 0 Å². The molecule has 0 aromatic heterocycles. The van der Waals surface area contributed by atoms with E-state index in [-0.39, 0.29) is 0 Å². The van der Waals surface area contributed by atoms with Crippen LogP contribution in [0.4, 0.5) is 0 Å². The summed E-state index contributed by atoms with van der Waals surface area (Å²) in [5, 5.41) is 0. The van der Waals surface area contributed by atoms with Gasteiger partial charge in [-0.15, -0.1) is 0 Å². The molecule has 106 valence electrons. The molecule has 1 fully saturated rings. The van der Waals surface area contributed by atoms with Crippen molar-refractivity contribution in [1.82, 2.24) is 0 Å². The zero-order valence-electron chi connectivity index (χ0n) is 12.9. The molecule has 0 saturated heterocycles. The quantitative estimate of drug-likeness (QED) is 0.753. The second-order valence-corrected chi connectivity index (χ2v) is 7.02. The van der Waals surface area contributed by atoms with Gasteiger partial charge >= 0.3 is 0 Å². The van der Waals surface area contributed by atoms with Gasteiger partial charge in [0.25, 0.3) is 0 Å². The predicted octanol–water partition coefficient (Wildman–Crippen LogP) is 3.60. The highest BCUT2D eigenvalue weighted by Crippen LogP contribution is 2.41. The minimum atomic E-state index is 0.364. The van der Waals surface area contributed by atoms with Crippen LogP contribution in [0.2, 0.25) is 0 Å². The third-order valence-corrected chi connectivity index (χ3v) is 4.29. The van der Waals surface area contributed by atoms with Crippen LogP contribution in [0.1, 0.15) is 37.7 Å². The minimum Gasteiger partial charge on any atom is -0.497 e. The molecule has 0 heterocycles. The van der Waals surface area contributed by atoms with Crippen LogP contribution in [0.15, 0.2) is 24.3 Å². The van der Waals surface area contributed by atoms with E-state index < -0.39 is 0 Å². The van der Waals surface area contributed by atoms with E-state index in [1.807, 2.05) is 0 Å². The van der Waals surface area contributed by atoms with Crippen molar-refractivity contribution in [2.45, 2.75) is 37.5 Å². The topological polar surface area (TPSA) is 9.23 Å². The zero-order valence-corrected chi connectivity index (χ0v) is 12.9. The summed E-state index contributed by atoms with van der Waals surface area (Å²) < 4.78 is 6.32. The third kappa shape index (κ3) is 3.50. The average Bonchev–Trinajstić information content (AvgIpc) is 2.38. The van der Waals surface area contributed by atoms with Crippen LogP contribution in [-0.2, 0) is 5.41 Å². The Balaban J connectivity index is 2.30. The van der Waals surface area contributed by atoms with Crippen molar-refractivity contribution in [3.8, 4) is 5.75 Å². The van der Waals surface area contributed by atoms with Crippen LogP contribution in [0.3, 0.4) is 0 Å². The van der Waals surface area contributed by atoms with Crippen LogP contribution >= 0.6 is 0 Å². The molecule has 1 aliphatic rings. The fraction of sp³-hybridized carbons (Fsp3) is 0.647. The molecule has 1 aromatic carbocycles. The molecule has 1 aromatic rings. The van der Waals surface area contributed by atoms with Gasteiger partial charge in [-0.2, -0.15) is 0 Å².